The van der Waals surface area contributed by atoms with E-state index in [2.05, 4.69) is 20.7 Å². The number of hydrogen-bond donors (Lipinski definition) is 1. The summed E-state index contributed by atoms with van der Waals surface area (Å²) in [6, 6.07) is 6.29. The molecule has 3 aromatic rings. The molecule has 3 nitrogen and oxygen atoms in total. The van der Waals surface area contributed by atoms with Crippen molar-refractivity contribution < 1.29 is 21.6 Å². The van der Waals surface area contributed by atoms with Gasteiger partial charge in [-0.1, -0.05) is 6.07 Å². The second-order valence-electron chi connectivity index (χ2n) is 5.49. The zero-order valence-electron chi connectivity index (χ0n) is 13.3. The van der Waals surface area contributed by atoms with Crippen molar-refractivity contribution >= 4 is 65.6 Å². The van der Waals surface area contributed by atoms with Crippen LogP contribution in [0.1, 0.15) is 11.1 Å². The maximum atomic E-state index is 14.4. The number of halogens is 5. The normalized spacial score (nSPS) is 11.6. The first kappa shape index (κ1) is 20.6. The van der Waals surface area contributed by atoms with Crippen molar-refractivity contribution in [1.82, 2.24) is 0 Å². The van der Waals surface area contributed by atoms with Gasteiger partial charge in [0.1, 0.15) is 10.7 Å². The van der Waals surface area contributed by atoms with E-state index in [1.54, 1.807) is 11.4 Å². The van der Waals surface area contributed by atoms with Crippen LogP contribution < -0.4 is 4.72 Å². The average molecular weight is 588 g/mol. The van der Waals surface area contributed by atoms with E-state index < -0.39 is 27.5 Å². The van der Waals surface area contributed by atoms with Gasteiger partial charge in [0.2, 0.25) is 0 Å². The first-order chi connectivity index (χ1) is 12.7. The molecule has 0 saturated heterocycles. The molecule has 27 heavy (non-hydrogen) atoms. The summed E-state index contributed by atoms with van der Waals surface area (Å²) in [6.07, 6.45) is -0.311. The monoisotopic (exact) mass is 587 g/mol. The first-order valence-electron chi connectivity index (χ1n) is 7.34. The predicted molar refractivity (Wildman–Crippen MR) is 111 cm³/mol. The molecule has 0 fully saturated rings. The fourth-order valence-electron chi connectivity index (χ4n) is 2.38. The number of hydrogen-bond acceptors (Lipinski definition) is 3. The third-order valence-corrected chi connectivity index (χ3v) is 7.89. The predicted octanol–water partition coefficient (Wildman–Crippen LogP) is 5.92. The average Bonchev–Trinajstić information content (AvgIpc) is 3.03. The van der Waals surface area contributed by atoms with Crippen LogP contribution in [0, 0.1) is 21.0 Å². The highest BCUT2D eigenvalue weighted by Crippen LogP contribution is 2.31. The zero-order valence-corrected chi connectivity index (χ0v) is 18.6. The van der Waals surface area contributed by atoms with Gasteiger partial charge in [-0.15, -0.1) is 11.3 Å². The number of anilines is 1. The summed E-state index contributed by atoms with van der Waals surface area (Å²) in [6.45, 7) is 0. The minimum atomic E-state index is -4.03. The van der Waals surface area contributed by atoms with E-state index in [1.165, 1.54) is 28.8 Å². The Morgan fingerprint density at radius 1 is 1.07 bits per heavy atom. The van der Waals surface area contributed by atoms with Gasteiger partial charge in [-0.05, 0) is 68.3 Å². The molecule has 142 valence electrons. The second-order valence-corrected chi connectivity index (χ2v) is 9.98. The Hall–Kier alpha value is -1.11. The molecule has 0 atom stereocenters. The molecule has 0 unspecified atom stereocenters. The highest BCUT2D eigenvalue weighted by molar-refractivity contribution is 14.1. The van der Waals surface area contributed by atoms with Crippen molar-refractivity contribution in [3.05, 3.63) is 77.7 Å². The lowest BCUT2D eigenvalue weighted by Gasteiger charge is -2.14. The number of sulfonamides is 1. The maximum Gasteiger partial charge on any atom is 0.263 e. The summed E-state index contributed by atoms with van der Waals surface area (Å²) in [5.41, 5.74) is -0.299. The van der Waals surface area contributed by atoms with Crippen LogP contribution in [0.4, 0.5) is 18.9 Å². The summed E-state index contributed by atoms with van der Waals surface area (Å²) in [5, 5.41) is 2.99. The number of benzene rings is 2. The Morgan fingerprint density at radius 3 is 2.44 bits per heavy atom. The summed E-state index contributed by atoms with van der Waals surface area (Å²) in [4.78, 5) is -0.0244. The van der Waals surface area contributed by atoms with E-state index in [0.717, 1.165) is 12.1 Å². The van der Waals surface area contributed by atoms with Gasteiger partial charge >= 0.3 is 0 Å². The van der Waals surface area contributed by atoms with Crippen molar-refractivity contribution in [1.29, 1.82) is 0 Å². The maximum absolute atomic E-state index is 14.4. The SMILES string of the molecule is O=S(=O)(Nc1ccc(F)c(F)c1Cc1ccc(I)cc1F)c1cscc1Br. The number of thiophene rings is 1. The van der Waals surface area contributed by atoms with Crippen LogP contribution in [-0.4, -0.2) is 8.42 Å². The molecule has 0 saturated carbocycles. The van der Waals surface area contributed by atoms with Crippen LogP contribution in [0.3, 0.4) is 0 Å². The fourth-order valence-corrected chi connectivity index (χ4v) is 6.28. The minimum Gasteiger partial charge on any atom is -0.279 e. The van der Waals surface area contributed by atoms with Crippen molar-refractivity contribution in [2.75, 3.05) is 4.72 Å². The van der Waals surface area contributed by atoms with Crippen molar-refractivity contribution in [2.24, 2.45) is 0 Å². The molecule has 1 N–H and O–H groups in total. The highest BCUT2D eigenvalue weighted by atomic mass is 127. The molecule has 3 rings (SSSR count). The number of rotatable bonds is 5. The van der Waals surface area contributed by atoms with Gasteiger partial charge in [-0.25, -0.2) is 21.6 Å². The largest absolute Gasteiger partial charge is 0.279 e. The van der Waals surface area contributed by atoms with Crippen LogP contribution in [0.5, 0.6) is 0 Å². The van der Waals surface area contributed by atoms with Crippen LogP contribution in [0.2, 0.25) is 0 Å². The van der Waals surface area contributed by atoms with E-state index in [-0.39, 0.29) is 28.1 Å². The summed E-state index contributed by atoms with van der Waals surface area (Å²) < 4.78 is 70.7. The van der Waals surface area contributed by atoms with Gasteiger partial charge in [-0.2, -0.15) is 0 Å². The molecule has 2 aromatic carbocycles. The molecule has 0 aliphatic carbocycles. The lowest BCUT2D eigenvalue weighted by Crippen LogP contribution is -2.15. The summed E-state index contributed by atoms with van der Waals surface area (Å²) in [7, 11) is -4.03. The van der Waals surface area contributed by atoms with Gasteiger partial charge in [0.05, 0.1) is 5.69 Å². The van der Waals surface area contributed by atoms with Gasteiger partial charge in [0.15, 0.2) is 11.6 Å². The molecule has 10 heteroatoms. The molecular weight excluding hydrogens is 578 g/mol. The van der Waals surface area contributed by atoms with E-state index in [4.69, 9.17) is 0 Å². The van der Waals surface area contributed by atoms with E-state index >= 15 is 0 Å². The molecule has 1 aromatic heterocycles. The Labute approximate surface area is 179 Å². The Balaban J connectivity index is 2.04. The van der Waals surface area contributed by atoms with Crippen LogP contribution in [0.15, 0.2) is 50.5 Å². The van der Waals surface area contributed by atoms with Crippen molar-refractivity contribution in [2.45, 2.75) is 11.3 Å². The van der Waals surface area contributed by atoms with Gasteiger partial charge in [0, 0.05) is 30.8 Å². The third-order valence-electron chi connectivity index (χ3n) is 3.69. The smallest absolute Gasteiger partial charge is 0.263 e. The molecule has 0 aliphatic rings. The molecule has 0 spiro atoms. The minimum absolute atomic E-state index is 0.0244. The fraction of sp³-hybridized carbons (Fsp3) is 0.0588. The van der Waals surface area contributed by atoms with Gasteiger partial charge < -0.3 is 0 Å². The topological polar surface area (TPSA) is 46.2 Å². The Kier molecular flexibility index (Phi) is 6.18. The molecule has 0 amide bonds. The quantitative estimate of drug-likeness (QED) is 0.377. The Bertz CT molecular complexity index is 1120. The van der Waals surface area contributed by atoms with Crippen LogP contribution in [-0.2, 0) is 16.4 Å². The van der Waals surface area contributed by atoms with Crippen LogP contribution >= 0.6 is 49.9 Å². The summed E-state index contributed by atoms with van der Waals surface area (Å²) in [5.74, 6) is -2.95. The van der Waals surface area contributed by atoms with Crippen molar-refractivity contribution in [3.8, 4) is 0 Å². The molecule has 0 radical (unpaired) electrons. The molecule has 1 heterocycles. The van der Waals surface area contributed by atoms with E-state index in [9.17, 15) is 21.6 Å². The molecule has 0 aliphatic heterocycles. The highest BCUT2D eigenvalue weighted by Gasteiger charge is 2.23. The lowest BCUT2D eigenvalue weighted by atomic mass is 10.0. The van der Waals surface area contributed by atoms with Crippen LogP contribution in [0.25, 0.3) is 0 Å². The van der Waals surface area contributed by atoms with Gasteiger partial charge in [0.25, 0.3) is 10.0 Å². The summed E-state index contributed by atoms with van der Waals surface area (Å²) >= 11 is 6.24. The number of nitrogens with one attached hydrogen (secondary N) is 1. The zero-order chi connectivity index (χ0) is 19.8. The Morgan fingerprint density at radius 2 is 1.81 bits per heavy atom. The van der Waals surface area contributed by atoms with Gasteiger partial charge in [-0.3, -0.25) is 4.72 Å². The third kappa shape index (κ3) is 4.49. The lowest BCUT2D eigenvalue weighted by molar-refractivity contribution is 0.500. The molecular formula is C17H10BrF3INO2S2. The standard InChI is InChI=1S/C17H10BrF3INO2S2/c18-12-7-26-8-16(12)27(24,25)23-15-4-3-13(19)17(21)11(15)5-9-1-2-10(22)6-14(9)20/h1-4,6-8,23H,5H2. The molecule has 0 bridgehead atoms. The first-order valence-corrected chi connectivity index (χ1v) is 11.6. The van der Waals surface area contributed by atoms with E-state index in [0.29, 0.717) is 8.04 Å². The van der Waals surface area contributed by atoms with Crippen molar-refractivity contribution in [3.63, 3.8) is 0 Å². The van der Waals surface area contributed by atoms with E-state index in [1.807, 2.05) is 22.6 Å². The second kappa shape index (κ2) is 8.10.